The first-order valence-corrected chi connectivity index (χ1v) is 4.64. The summed E-state index contributed by atoms with van der Waals surface area (Å²) in [6.07, 6.45) is 1.69. The molecule has 0 aliphatic heterocycles. The number of nitrogens with zero attached hydrogens (tertiary/aromatic N) is 5. The van der Waals surface area contributed by atoms with Crippen LogP contribution in [0.4, 0.5) is 0 Å². The van der Waals surface area contributed by atoms with Gasteiger partial charge in [-0.05, 0) is 5.53 Å². The molecule has 0 aromatic carbocycles. The van der Waals surface area contributed by atoms with Crippen molar-refractivity contribution < 1.29 is 4.52 Å². The Morgan fingerprint density at radius 3 is 3.29 bits per heavy atom. The normalized spacial score (nSPS) is 9.71. The standard InChI is InChI=1S/C7H5N5OS/c8-12-10-4-5-3-6(13-11-5)7-9-1-2-14-7/h1-3H,4H2. The zero-order valence-electron chi connectivity index (χ0n) is 6.99. The number of aromatic nitrogens is 2. The molecule has 0 atom stereocenters. The highest BCUT2D eigenvalue weighted by Gasteiger charge is 2.07. The van der Waals surface area contributed by atoms with Gasteiger partial charge < -0.3 is 4.52 Å². The Balaban J connectivity index is 2.22. The lowest BCUT2D eigenvalue weighted by Crippen LogP contribution is -1.76. The van der Waals surface area contributed by atoms with Crippen molar-refractivity contribution in [3.05, 3.63) is 33.8 Å². The van der Waals surface area contributed by atoms with E-state index in [0.29, 0.717) is 11.5 Å². The predicted molar refractivity (Wildman–Crippen MR) is 50.5 cm³/mol. The zero-order chi connectivity index (χ0) is 9.80. The minimum atomic E-state index is 0.200. The summed E-state index contributed by atoms with van der Waals surface area (Å²) in [7, 11) is 0. The Morgan fingerprint density at radius 1 is 1.64 bits per heavy atom. The predicted octanol–water partition coefficient (Wildman–Crippen LogP) is 2.61. The van der Waals surface area contributed by atoms with Crippen LogP contribution in [0.1, 0.15) is 5.69 Å². The first-order chi connectivity index (χ1) is 6.90. The molecular formula is C7H5N5OS. The van der Waals surface area contributed by atoms with E-state index < -0.39 is 0 Å². The van der Waals surface area contributed by atoms with Crippen molar-refractivity contribution in [3.8, 4) is 10.8 Å². The van der Waals surface area contributed by atoms with Crippen LogP contribution in [-0.4, -0.2) is 10.1 Å². The van der Waals surface area contributed by atoms with E-state index in [0.717, 1.165) is 5.01 Å². The fourth-order valence-electron chi connectivity index (χ4n) is 0.936. The molecule has 0 amide bonds. The maximum absolute atomic E-state index is 8.11. The Labute approximate surface area is 82.8 Å². The van der Waals surface area contributed by atoms with E-state index in [9.17, 15) is 0 Å². The molecule has 14 heavy (non-hydrogen) atoms. The molecule has 2 heterocycles. The highest BCUT2D eigenvalue weighted by atomic mass is 32.1. The quantitative estimate of drug-likeness (QED) is 0.440. The lowest BCUT2D eigenvalue weighted by Gasteiger charge is -1.81. The summed E-state index contributed by atoms with van der Waals surface area (Å²) in [5.74, 6) is 0.600. The van der Waals surface area contributed by atoms with Crippen LogP contribution >= 0.6 is 11.3 Å². The second-order valence-corrected chi connectivity index (χ2v) is 3.30. The van der Waals surface area contributed by atoms with E-state index in [1.807, 2.05) is 5.38 Å². The molecule has 0 unspecified atom stereocenters. The maximum Gasteiger partial charge on any atom is 0.195 e. The van der Waals surface area contributed by atoms with Crippen molar-refractivity contribution >= 4 is 11.3 Å². The average Bonchev–Trinajstić information content (AvgIpc) is 2.85. The Bertz CT molecular complexity index is 456. The molecule has 0 spiro atoms. The molecule has 0 N–H and O–H groups in total. The van der Waals surface area contributed by atoms with E-state index in [-0.39, 0.29) is 6.54 Å². The smallest absolute Gasteiger partial charge is 0.195 e. The van der Waals surface area contributed by atoms with Crippen molar-refractivity contribution in [2.24, 2.45) is 5.11 Å². The molecule has 0 saturated carbocycles. The van der Waals surface area contributed by atoms with Gasteiger partial charge in [-0.1, -0.05) is 10.3 Å². The second kappa shape index (κ2) is 3.91. The molecule has 0 saturated heterocycles. The van der Waals surface area contributed by atoms with Crippen molar-refractivity contribution in [1.29, 1.82) is 0 Å². The van der Waals surface area contributed by atoms with Crippen molar-refractivity contribution in [2.75, 3.05) is 0 Å². The number of hydrogen-bond acceptors (Lipinski definition) is 5. The minimum Gasteiger partial charge on any atom is -0.353 e. The first kappa shape index (κ1) is 8.74. The molecule has 0 radical (unpaired) electrons. The van der Waals surface area contributed by atoms with Crippen LogP contribution in [0, 0.1) is 0 Å². The molecule has 2 aromatic rings. The molecule has 0 bridgehead atoms. The summed E-state index contributed by atoms with van der Waals surface area (Å²) >= 11 is 1.46. The lowest BCUT2D eigenvalue weighted by molar-refractivity contribution is 0.423. The molecule has 0 aliphatic rings. The number of azide groups is 1. The summed E-state index contributed by atoms with van der Waals surface area (Å²) in [5.41, 5.74) is 8.71. The Kier molecular flexibility index (Phi) is 2.44. The fourth-order valence-corrected chi connectivity index (χ4v) is 1.52. The Morgan fingerprint density at radius 2 is 2.57 bits per heavy atom. The number of rotatable bonds is 3. The molecule has 2 rings (SSSR count). The van der Waals surface area contributed by atoms with Crippen LogP contribution < -0.4 is 0 Å². The van der Waals surface area contributed by atoms with Gasteiger partial charge in [0, 0.05) is 22.6 Å². The van der Waals surface area contributed by atoms with Crippen LogP contribution in [0.15, 0.2) is 27.3 Å². The van der Waals surface area contributed by atoms with Gasteiger partial charge in [-0.3, -0.25) is 0 Å². The van der Waals surface area contributed by atoms with Gasteiger partial charge in [0.05, 0.1) is 12.2 Å². The molecule has 2 aromatic heterocycles. The highest BCUT2D eigenvalue weighted by molar-refractivity contribution is 7.13. The molecule has 0 aliphatic carbocycles. The van der Waals surface area contributed by atoms with E-state index >= 15 is 0 Å². The van der Waals surface area contributed by atoms with Gasteiger partial charge in [-0.15, -0.1) is 11.3 Å². The monoisotopic (exact) mass is 207 g/mol. The fraction of sp³-hybridized carbons (Fsp3) is 0.143. The lowest BCUT2D eigenvalue weighted by atomic mass is 10.4. The second-order valence-electron chi connectivity index (χ2n) is 2.41. The van der Waals surface area contributed by atoms with Crippen LogP contribution in [0.3, 0.4) is 0 Å². The summed E-state index contributed by atoms with van der Waals surface area (Å²) < 4.78 is 5.02. The topological polar surface area (TPSA) is 87.7 Å². The van der Waals surface area contributed by atoms with Crippen molar-refractivity contribution in [2.45, 2.75) is 6.54 Å². The summed E-state index contributed by atoms with van der Waals surface area (Å²) in [4.78, 5) is 6.69. The summed E-state index contributed by atoms with van der Waals surface area (Å²) in [6.45, 7) is 0.200. The van der Waals surface area contributed by atoms with E-state index in [1.54, 1.807) is 12.3 Å². The van der Waals surface area contributed by atoms with Crippen LogP contribution in [0.25, 0.3) is 21.2 Å². The number of thiazole rings is 1. The largest absolute Gasteiger partial charge is 0.353 e. The molecular weight excluding hydrogens is 202 g/mol. The maximum atomic E-state index is 8.11. The van der Waals surface area contributed by atoms with Gasteiger partial charge in [-0.25, -0.2) is 4.98 Å². The van der Waals surface area contributed by atoms with Gasteiger partial charge >= 0.3 is 0 Å². The van der Waals surface area contributed by atoms with E-state index in [2.05, 4.69) is 20.2 Å². The van der Waals surface area contributed by atoms with Crippen LogP contribution in [-0.2, 0) is 6.54 Å². The van der Waals surface area contributed by atoms with Gasteiger partial charge in [0.1, 0.15) is 0 Å². The Hall–Kier alpha value is -1.85. The summed E-state index contributed by atoms with van der Waals surface area (Å²) in [6, 6.07) is 1.72. The number of hydrogen-bond donors (Lipinski definition) is 0. The van der Waals surface area contributed by atoms with Gasteiger partial charge in [0.2, 0.25) is 0 Å². The van der Waals surface area contributed by atoms with Crippen LogP contribution in [0.5, 0.6) is 0 Å². The van der Waals surface area contributed by atoms with Gasteiger partial charge in [0.25, 0.3) is 0 Å². The SMILES string of the molecule is [N-]=[N+]=NCc1cc(-c2nccs2)on1. The highest BCUT2D eigenvalue weighted by Crippen LogP contribution is 2.22. The third-order valence-corrected chi connectivity index (χ3v) is 2.29. The molecule has 7 heteroatoms. The molecule has 70 valence electrons. The summed E-state index contributed by atoms with van der Waals surface area (Å²) in [5, 5.41) is 9.73. The zero-order valence-corrected chi connectivity index (χ0v) is 7.81. The van der Waals surface area contributed by atoms with E-state index in [1.165, 1.54) is 11.3 Å². The third-order valence-electron chi connectivity index (χ3n) is 1.50. The van der Waals surface area contributed by atoms with Gasteiger partial charge in [-0.2, -0.15) is 0 Å². The van der Waals surface area contributed by atoms with Gasteiger partial charge in [0.15, 0.2) is 10.8 Å². The molecule has 6 nitrogen and oxygen atoms in total. The first-order valence-electron chi connectivity index (χ1n) is 3.76. The van der Waals surface area contributed by atoms with Crippen molar-refractivity contribution in [3.63, 3.8) is 0 Å². The minimum absolute atomic E-state index is 0.200. The average molecular weight is 207 g/mol. The molecule has 0 fully saturated rings. The van der Waals surface area contributed by atoms with E-state index in [4.69, 9.17) is 10.1 Å². The van der Waals surface area contributed by atoms with Crippen molar-refractivity contribution in [1.82, 2.24) is 10.1 Å². The third kappa shape index (κ3) is 1.73. The van der Waals surface area contributed by atoms with Crippen LogP contribution in [0.2, 0.25) is 0 Å².